The Hall–Kier alpha value is -1.84. The Bertz CT molecular complexity index is 812. The number of ether oxygens (including phenoxy) is 1. The molecule has 1 aliphatic heterocycles. The molecule has 1 aromatic rings. The molecule has 2 rings (SSSR count). The van der Waals surface area contributed by atoms with Crippen LogP contribution >= 0.6 is 0 Å². The second-order valence-corrected chi connectivity index (χ2v) is 9.80. The van der Waals surface area contributed by atoms with Crippen molar-refractivity contribution in [1.29, 1.82) is 0 Å². The Labute approximate surface area is 167 Å². The van der Waals surface area contributed by atoms with E-state index in [-0.39, 0.29) is 31.0 Å². The highest BCUT2D eigenvalue weighted by Crippen LogP contribution is 2.36. The van der Waals surface area contributed by atoms with Crippen LogP contribution in [0.25, 0.3) is 0 Å². The molecule has 1 N–H and O–H groups in total. The number of carbonyl (C=O) groups excluding carboxylic acids is 1. The molecule has 0 spiro atoms. The van der Waals surface area contributed by atoms with E-state index in [0.717, 1.165) is 11.9 Å². The minimum atomic E-state index is -3.37. The lowest BCUT2D eigenvalue weighted by atomic mass is 9.99. The molecule has 158 valence electrons. The average Bonchev–Trinajstić information content (AvgIpc) is 2.62. The van der Waals surface area contributed by atoms with Crippen molar-refractivity contribution in [2.45, 2.75) is 26.0 Å². The first-order valence-electron chi connectivity index (χ1n) is 9.27. The van der Waals surface area contributed by atoms with Crippen LogP contribution < -0.4 is 9.64 Å². The summed E-state index contributed by atoms with van der Waals surface area (Å²) >= 11 is 0. The SMILES string of the molecule is C[C@@H]1CN([C@H](C)CO)C(=O)c2cccc(N(C)C)c2O[C@H]1CN(C)S(C)(=O)=O. The summed E-state index contributed by atoms with van der Waals surface area (Å²) < 4.78 is 31.4. The monoisotopic (exact) mass is 413 g/mol. The van der Waals surface area contributed by atoms with E-state index in [1.54, 1.807) is 24.0 Å². The number of aliphatic hydroxyl groups excluding tert-OH is 1. The number of benzene rings is 1. The Morgan fingerprint density at radius 2 is 1.96 bits per heavy atom. The number of rotatable bonds is 6. The van der Waals surface area contributed by atoms with Crippen LogP contribution in [0.1, 0.15) is 24.2 Å². The summed E-state index contributed by atoms with van der Waals surface area (Å²) in [6, 6.07) is 4.99. The van der Waals surface area contributed by atoms with Gasteiger partial charge in [-0.2, -0.15) is 0 Å². The van der Waals surface area contributed by atoms with Crippen LogP contribution in [0.4, 0.5) is 5.69 Å². The number of aliphatic hydroxyl groups is 1. The third-order valence-electron chi connectivity index (χ3n) is 5.16. The zero-order valence-corrected chi connectivity index (χ0v) is 18.2. The van der Waals surface area contributed by atoms with Gasteiger partial charge in [0, 0.05) is 33.6 Å². The number of sulfonamides is 1. The smallest absolute Gasteiger partial charge is 0.258 e. The summed E-state index contributed by atoms with van der Waals surface area (Å²) in [5.74, 6) is 0.0821. The number of nitrogens with zero attached hydrogens (tertiary/aromatic N) is 3. The molecule has 0 aliphatic carbocycles. The van der Waals surface area contributed by atoms with E-state index in [2.05, 4.69) is 0 Å². The number of para-hydroxylation sites is 1. The highest BCUT2D eigenvalue weighted by Gasteiger charge is 2.35. The first-order chi connectivity index (χ1) is 13.0. The van der Waals surface area contributed by atoms with Gasteiger partial charge in [0.2, 0.25) is 10.0 Å². The molecule has 1 aromatic carbocycles. The second kappa shape index (κ2) is 8.67. The summed E-state index contributed by atoms with van der Waals surface area (Å²) in [6.45, 7) is 4.08. The molecule has 1 amide bonds. The lowest BCUT2D eigenvalue weighted by Gasteiger charge is -2.38. The van der Waals surface area contributed by atoms with Crippen molar-refractivity contribution in [3.63, 3.8) is 0 Å². The van der Waals surface area contributed by atoms with Crippen molar-refractivity contribution >= 4 is 21.6 Å². The van der Waals surface area contributed by atoms with Crippen LogP contribution in [-0.4, -0.2) is 87.9 Å². The number of amides is 1. The van der Waals surface area contributed by atoms with Gasteiger partial charge in [0.1, 0.15) is 6.10 Å². The fraction of sp³-hybridized carbons (Fsp3) is 0.632. The third kappa shape index (κ3) is 4.76. The van der Waals surface area contributed by atoms with Crippen LogP contribution in [-0.2, 0) is 10.0 Å². The molecular formula is C19H31N3O5S. The van der Waals surface area contributed by atoms with Crippen molar-refractivity contribution in [3.8, 4) is 5.75 Å². The summed E-state index contributed by atoms with van der Waals surface area (Å²) in [6.07, 6.45) is 0.699. The van der Waals surface area contributed by atoms with E-state index in [1.807, 2.05) is 32.0 Å². The zero-order chi connectivity index (χ0) is 21.2. The molecule has 0 bridgehead atoms. The van der Waals surface area contributed by atoms with Gasteiger partial charge in [-0.15, -0.1) is 0 Å². The molecule has 1 heterocycles. The predicted molar refractivity (Wildman–Crippen MR) is 109 cm³/mol. The highest BCUT2D eigenvalue weighted by atomic mass is 32.2. The Morgan fingerprint density at radius 1 is 1.32 bits per heavy atom. The van der Waals surface area contributed by atoms with E-state index >= 15 is 0 Å². The lowest BCUT2D eigenvalue weighted by Crippen LogP contribution is -2.50. The van der Waals surface area contributed by atoms with E-state index in [1.165, 1.54) is 11.4 Å². The maximum Gasteiger partial charge on any atom is 0.258 e. The molecule has 28 heavy (non-hydrogen) atoms. The molecule has 0 fully saturated rings. The lowest BCUT2D eigenvalue weighted by molar-refractivity contribution is 0.0388. The minimum absolute atomic E-state index is 0.148. The number of hydrogen-bond acceptors (Lipinski definition) is 6. The van der Waals surface area contributed by atoms with Crippen LogP contribution in [0, 0.1) is 5.92 Å². The maximum absolute atomic E-state index is 13.2. The van der Waals surface area contributed by atoms with Crippen LogP contribution in [0.5, 0.6) is 5.75 Å². The van der Waals surface area contributed by atoms with Gasteiger partial charge < -0.3 is 19.6 Å². The summed E-state index contributed by atoms with van der Waals surface area (Å²) in [5, 5.41) is 9.64. The van der Waals surface area contributed by atoms with Gasteiger partial charge in [-0.3, -0.25) is 4.79 Å². The second-order valence-electron chi connectivity index (χ2n) is 7.71. The molecule has 0 radical (unpaired) electrons. The Kier molecular flexibility index (Phi) is 6.95. The summed E-state index contributed by atoms with van der Waals surface area (Å²) in [5.41, 5.74) is 1.15. The van der Waals surface area contributed by atoms with Gasteiger partial charge in [0.05, 0.1) is 36.7 Å². The number of carbonyl (C=O) groups is 1. The fourth-order valence-electron chi connectivity index (χ4n) is 3.19. The van der Waals surface area contributed by atoms with Gasteiger partial charge in [0.25, 0.3) is 5.91 Å². The van der Waals surface area contributed by atoms with Gasteiger partial charge in [0.15, 0.2) is 5.75 Å². The van der Waals surface area contributed by atoms with Gasteiger partial charge in [-0.05, 0) is 19.1 Å². The quantitative estimate of drug-likeness (QED) is 0.744. The van der Waals surface area contributed by atoms with Gasteiger partial charge in [-0.1, -0.05) is 13.0 Å². The van der Waals surface area contributed by atoms with Gasteiger partial charge in [-0.25, -0.2) is 12.7 Å². The van der Waals surface area contributed by atoms with E-state index < -0.39 is 16.1 Å². The summed E-state index contributed by atoms with van der Waals surface area (Å²) in [4.78, 5) is 16.7. The zero-order valence-electron chi connectivity index (χ0n) is 17.4. The highest BCUT2D eigenvalue weighted by molar-refractivity contribution is 7.88. The number of hydrogen-bond donors (Lipinski definition) is 1. The third-order valence-corrected chi connectivity index (χ3v) is 6.44. The Balaban J connectivity index is 2.56. The normalized spacial score (nSPS) is 21.6. The molecule has 9 heteroatoms. The van der Waals surface area contributed by atoms with Crippen LogP contribution in [0.2, 0.25) is 0 Å². The molecule has 8 nitrogen and oxygen atoms in total. The van der Waals surface area contributed by atoms with E-state index in [9.17, 15) is 18.3 Å². The average molecular weight is 414 g/mol. The van der Waals surface area contributed by atoms with E-state index in [4.69, 9.17) is 4.74 Å². The first kappa shape index (κ1) is 22.4. The van der Waals surface area contributed by atoms with Crippen molar-refractivity contribution in [2.75, 3.05) is 52.0 Å². The van der Waals surface area contributed by atoms with Crippen molar-refractivity contribution in [3.05, 3.63) is 23.8 Å². The standard InChI is InChI=1S/C19H31N3O5S/c1-13-10-22(14(2)12-23)19(24)15-8-7-9-16(20(3)4)18(15)27-17(13)11-21(5)28(6,25)26/h7-9,13-14,17,23H,10-12H2,1-6H3/t13-,14-,17+/m1/s1. The molecule has 0 saturated heterocycles. The van der Waals surface area contributed by atoms with Crippen molar-refractivity contribution in [1.82, 2.24) is 9.21 Å². The Morgan fingerprint density at radius 3 is 2.50 bits per heavy atom. The number of fused-ring (bicyclic) bond motifs is 1. The molecule has 0 aromatic heterocycles. The van der Waals surface area contributed by atoms with Crippen LogP contribution in [0.3, 0.4) is 0 Å². The molecular weight excluding hydrogens is 382 g/mol. The van der Waals surface area contributed by atoms with Crippen LogP contribution in [0.15, 0.2) is 18.2 Å². The molecule has 3 atom stereocenters. The summed E-state index contributed by atoms with van der Waals surface area (Å²) in [7, 11) is 1.86. The number of likely N-dealkylation sites (N-methyl/N-ethyl adjacent to an activating group) is 1. The number of anilines is 1. The van der Waals surface area contributed by atoms with E-state index in [0.29, 0.717) is 17.9 Å². The topological polar surface area (TPSA) is 90.4 Å². The molecule has 0 saturated carbocycles. The molecule has 1 aliphatic rings. The largest absolute Gasteiger partial charge is 0.486 e. The minimum Gasteiger partial charge on any atom is -0.486 e. The molecule has 0 unspecified atom stereocenters. The maximum atomic E-state index is 13.2. The van der Waals surface area contributed by atoms with Crippen molar-refractivity contribution < 1.29 is 23.1 Å². The first-order valence-corrected chi connectivity index (χ1v) is 11.1. The van der Waals surface area contributed by atoms with Gasteiger partial charge >= 0.3 is 0 Å². The predicted octanol–water partition coefficient (Wildman–Crippen LogP) is 0.864. The van der Waals surface area contributed by atoms with Crippen molar-refractivity contribution in [2.24, 2.45) is 5.92 Å². The fourth-order valence-corrected chi connectivity index (χ4v) is 3.60.